The first-order valence-corrected chi connectivity index (χ1v) is 4.76. The largest absolute Gasteiger partial charge is 0.299 e. The van der Waals surface area contributed by atoms with Crippen LogP contribution in [0.2, 0.25) is 0 Å². The maximum absolute atomic E-state index is 11.6. The highest BCUT2D eigenvalue weighted by molar-refractivity contribution is 5.86. The van der Waals surface area contributed by atoms with Gasteiger partial charge in [0.1, 0.15) is 5.78 Å². The Morgan fingerprint density at radius 3 is 2.92 bits per heavy atom. The van der Waals surface area contributed by atoms with Gasteiger partial charge in [0.2, 0.25) is 0 Å². The van der Waals surface area contributed by atoms with Gasteiger partial charge in [0.25, 0.3) is 0 Å². The van der Waals surface area contributed by atoms with E-state index in [1.807, 2.05) is 0 Å². The monoisotopic (exact) mass is 177 g/mol. The summed E-state index contributed by atoms with van der Waals surface area (Å²) in [5.41, 5.74) is -0.225. The predicted molar refractivity (Wildman–Crippen MR) is 51.0 cm³/mol. The lowest BCUT2D eigenvalue weighted by Gasteiger charge is -2.24. The van der Waals surface area contributed by atoms with Gasteiger partial charge >= 0.3 is 0 Å². The highest BCUT2D eigenvalue weighted by atomic mass is 16.1. The van der Waals surface area contributed by atoms with Crippen molar-refractivity contribution in [1.29, 1.82) is 5.26 Å². The van der Waals surface area contributed by atoms with Gasteiger partial charge in [0.05, 0.1) is 6.07 Å². The molecule has 1 fully saturated rings. The molecule has 70 valence electrons. The molecule has 0 unspecified atom stereocenters. The highest BCUT2D eigenvalue weighted by Gasteiger charge is 2.39. The molecule has 1 atom stereocenters. The summed E-state index contributed by atoms with van der Waals surface area (Å²) < 4.78 is 0. The summed E-state index contributed by atoms with van der Waals surface area (Å²) in [5, 5.41) is 8.51. The quantitative estimate of drug-likeness (QED) is 0.619. The van der Waals surface area contributed by atoms with Crippen molar-refractivity contribution in [3.63, 3.8) is 0 Å². The molecular formula is C11H15NO. The van der Waals surface area contributed by atoms with Gasteiger partial charge in [-0.25, -0.2) is 0 Å². The van der Waals surface area contributed by atoms with Crippen LogP contribution < -0.4 is 0 Å². The average Bonchev–Trinajstić information content (AvgIpc) is 2.46. The molecule has 1 aliphatic rings. The van der Waals surface area contributed by atoms with Gasteiger partial charge in [-0.05, 0) is 25.7 Å². The molecule has 0 saturated heterocycles. The van der Waals surface area contributed by atoms with Crippen LogP contribution in [-0.4, -0.2) is 5.78 Å². The lowest BCUT2D eigenvalue weighted by Crippen LogP contribution is -2.24. The maximum atomic E-state index is 11.6. The van der Waals surface area contributed by atoms with Crippen LogP contribution in [0.5, 0.6) is 0 Å². The number of nitriles is 1. The first kappa shape index (κ1) is 9.98. The van der Waals surface area contributed by atoms with Crippen molar-refractivity contribution >= 4 is 5.78 Å². The Kier molecular flexibility index (Phi) is 3.25. The lowest BCUT2D eigenvalue weighted by molar-refractivity contribution is -0.126. The van der Waals surface area contributed by atoms with E-state index in [1.54, 1.807) is 6.08 Å². The van der Waals surface area contributed by atoms with Crippen molar-refractivity contribution in [2.45, 2.75) is 38.5 Å². The molecule has 1 rings (SSSR count). The third-order valence-electron chi connectivity index (χ3n) is 2.90. The van der Waals surface area contributed by atoms with Gasteiger partial charge in [-0.3, -0.25) is 4.79 Å². The second-order valence-electron chi connectivity index (χ2n) is 3.71. The molecule has 0 aromatic carbocycles. The average molecular weight is 177 g/mol. The van der Waals surface area contributed by atoms with Crippen molar-refractivity contribution in [2.75, 3.05) is 0 Å². The molecule has 0 aliphatic heterocycles. The Morgan fingerprint density at radius 1 is 1.69 bits per heavy atom. The number of ketones is 1. The van der Waals surface area contributed by atoms with E-state index in [0.717, 1.165) is 19.3 Å². The SMILES string of the molecule is C=CC[C@]1(CCC#N)CCCC1=O. The smallest absolute Gasteiger partial charge is 0.139 e. The number of nitrogens with zero attached hydrogens (tertiary/aromatic N) is 1. The summed E-state index contributed by atoms with van der Waals surface area (Å²) in [6.07, 6.45) is 6.37. The standard InChI is InChI=1S/C11H15NO/c1-2-6-11(8-4-9-12)7-3-5-10(11)13/h2H,1,3-8H2/t11-/m1/s1. The summed E-state index contributed by atoms with van der Waals surface area (Å²) in [7, 11) is 0. The van der Waals surface area contributed by atoms with E-state index in [4.69, 9.17) is 5.26 Å². The number of hydrogen-bond acceptors (Lipinski definition) is 2. The van der Waals surface area contributed by atoms with Gasteiger partial charge in [-0.2, -0.15) is 5.26 Å². The zero-order valence-electron chi connectivity index (χ0n) is 7.88. The van der Waals surface area contributed by atoms with Gasteiger partial charge < -0.3 is 0 Å². The molecule has 13 heavy (non-hydrogen) atoms. The fourth-order valence-electron chi connectivity index (χ4n) is 2.15. The number of carbonyl (C=O) groups excluding carboxylic acids is 1. The van der Waals surface area contributed by atoms with Crippen LogP contribution in [-0.2, 0) is 4.79 Å². The van der Waals surface area contributed by atoms with Gasteiger partial charge in [-0.1, -0.05) is 6.08 Å². The highest BCUT2D eigenvalue weighted by Crippen LogP contribution is 2.42. The zero-order chi connectivity index (χ0) is 9.73. The second-order valence-corrected chi connectivity index (χ2v) is 3.71. The molecule has 0 aromatic heterocycles. The number of carbonyl (C=O) groups is 1. The number of hydrogen-bond donors (Lipinski definition) is 0. The first-order valence-electron chi connectivity index (χ1n) is 4.76. The summed E-state index contributed by atoms with van der Waals surface area (Å²) in [6, 6.07) is 2.11. The Hall–Kier alpha value is -1.10. The fraction of sp³-hybridized carbons (Fsp3) is 0.636. The fourth-order valence-corrected chi connectivity index (χ4v) is 2.15. The van der Waals surface area contributed by atoms with E-state index >= 15 is 0 Å². The van der Waals surface area contributed by atoms with E-state index in [0.29, 0.717) is 25.0 Å². The Morgan fingerprint density at radius 2 is 2.46 bits per heavy atom. The summed E-state index contributed by atoms with van der Waals surface area (Å²) in [5.74, 6) is 0.336. The molecule has 0 aromatic rings. The van der Waals surface area contributed by atoms with E-state index in [9.17, 15) is 4.79 Å². The minimum absolute atomic E-state index is 0.225. The van der Waals surface area contributed by atoms with Gasteiger partial charge in [-0.15, -0.1) is 6.58 Å². The minimum atomic E-state index is -0.225. The summed E-state index contributed by atoms with van der Waals surface area (Å²) >= 11 is 0. The van der Waals surface area contributed by atoms with E-state index in [-0.39, 0.29) is 5.41 Å². The molecular weight excluding hydrogens is 162 g/mol. The van der Waals surface area contributed by atoms with Crippen LogP contribution in [0.4, 0.5) is 0 Å². The number of rotatable bonds is 4. The molecule has 0 radical (unpaired) electrons. The van der Waals surface area contributed by atoms with E-state index in [1.165, 1.54) is 0 Å². The molecule has 1 aliphatic carbocycles. The van der Waals surface area contributed by atoms with E-state index < -0.39 is 0 Å². The Bertz CT molecular complexity index is 251. The van der Waals surface area contributed by atoms with Crippen LogP contribution >= 0.6 is 0 Å². The topological polar surface area (TPSA) is 40.9 Å². The first-order chi connectivity index (χ1) is 6.25. The molecule has 0 N–H and O–H groups in total. The van der Waals surface area contributed by atoms with Crippen molar-refractivity contribution in [1.82, 2.24) is 0 Å². The molecule has 0 bridgehead atoms. The van der Waals surface area contributed by atoms with Crippen molar-refractivity contribution < 1.29 is 4.79 Å². The summed E-state index contributed by atoms with van der Waals surface area (Å²) in [4.78, 5) is 11.6. The van der Waals surface area contributed by atoms with Crippen LogP contribution in [0.3, 0.4) is 0 Å². The van der Waals surface area contributed by atoms with E-state index in [2.05, 4.69) is 12.6 Å². The van der Waals surface area contributed by atoms with Crippen LogP contribution in [0.15, 0.2) is 12.7 Å². The molecule has 0 amide bonds. The molecule has 2 nitrogen and oxygen atoms in total. The molecule has 2 heteroatoms. The molecule has 0 spiro atoms. The van der Waals surface area contributed by atoms with Gasteiger partial charge in [0.15, 0.2) is 0 Å². The maximum Gasteiger partial charge on any atom is 0.139 e. The molecule has 0 heterocycles. The molecule has 1 saturated carbocycles. The van der Waals surface area contributed by atoms with Crippen LogP contribution in [0.1, 0.15) is 38.5 Å². The number of Topliss-reactive ketones (excluding diaryl/α,β-unsaturated/α-hetero) is 1. The minimum Gasteiger partial charge on any atom is -0.299 e. The zero-order valence-corrected chi connectivity index (χ0v) is 7.88. The lowest BCUT2D eigenvalue weighted by atomic mass is 9.78. The predicted octanol–water partition coefficient (Wildman–Crippen LogP) is 2.61. The second kappa shape index (κ2) is 4.23. The van der Waals surface area contributed by atoms with Crippen LogP contribution in [0.25, 0.3) is 0 Å². The van der Waals surface area contributed by atoms with Crippen molar-refractivity contribution in [3.8, 4) is 6.07 Å². The van der Waals surface area contributed by atoms with Gasteiger partial charge in [0, 0.05) is 18.3 Å². The van der Waals surface area contributed by atoms with Crippen molar-refractivity contribution in [3.05, 3.63) is 12.7 Å². The Labute approximate surface area is 79.2 Å². The normalized spacial score (nSPS) is 27.2. The van der Waals surface area contributed by atoms with Crippen molar-refractivity contribution in [2.24, 2.45) is 5.41 Å². The number of allylic oxidation sites excluding steroid dienone is 1. The van der Waals surface area contributed by atoms with Crippen LogP contribution in [0, 0.1) is 16.7 Å². The third-order valence-corrected chi connectivity index (χ3v) is 2.90. The summed E-state index contributed by atoms with van der Waals surface area (Å²) in [6.45, 7) is 3.68. The Balaban J connectivity index is 2.68. The third kappa shape index (κ3) is 1.98.